The first-order valence-electron chi connectivity index (χ1n) is 10.4. The summed E-state index contributed by atoms with van der Waals surface area (Å²) in [5.41, 5.74) is 3.76. The summed E-state index contributed by atoms with van der Waals surface area (Å²) in [6.07, 6.45) is 6.82. The van der Waals surface area contributed by atoms with Gasteiger partial charge in [-0.3, -0.25) is 4.90 Å². The monoisotopic (exact) mass is 386 g/mol. The van der Waals surface area contributed by atoms with E-state index in [2.05, 4.69) is 48.1 Å². The summed E-state index contributed by atoms with van der Waals surface area (Å²) < 4.78 is 0. The van der Waals surface area contributed by atoms with E-state index in [4.69, 9.17) is 17.2 Å². The molecule has 0 radical (unpaired) electrons. The van der Waals surface area contributed by atoms with Crippen molar-refractivity contribution in [1.29, 1.82) is 0 Å². The standard InChI is InChI=1S/C22H34N4S/c1-16(19-10-14-26(15-11-19)17(2)18(3)27)23-12-5-7-21-9-8-20-6-4-13-24-22(20)25-21/h8-9,17,19,23H,1,4-7,10-15H2,2-3H3,(H,24,25). The van der Waals surface area contributed by atoms with Crippen molar-refractivity contribution >= 4 is 22.9 Å². The van der Waals surface area contributed by atoms with Gasteiger partial charge in [0, 0.05) is 41.3 Å². The number of hydrogen-bond donors (Lipinski definition) is 2. The van der Waals surface area contributed by atoms with E-state index < -0.39 is 0 Å². The largest absolute Gasteiger partial charge is 0.389 e. The molecule has 3 rings (SSSR count). The first-order chi connectivity index (χ1) is 13.0. The highest BCUT2D eigenvalue weighted by Gasteiger charge is 2.24. The van der Waals surface area contributed by atoms with E-state index in [1.54, 1.807) is 0 Å². The minimum Gasteiger partial charge on any atom is -0.389 e. The Bertz CT molecular complexity index is 664. The van der Waals surface area contributed by atoms with Crippen molar-refractivity contribution in [2.75, 3.05) is 31.5 Å². The molecule has 1 fully saturated rings. The third-order valence-electron chi connectivity index (χ3n) is 6.07. The van der Waals surface area contributed by atoms with Gasteiger partial charge in [0.15, 0.2) is 0 Å². The zero-order valence-corrected chi connectivity index (χ0v) is 17.7. The summed E-state index contributed by atoms with van der Waals surface area (Å²) in [4.78, 5) is 8.38. The smallest absolute Gasteiger partial charge is 0.129 e. The molecule has 1 aromatic rings. The van der Waals surface area contributed by atoms with Gasteiger partial charge in [0.25, 0.3) is 0 Å². The Labute approximate surface area is 169 Å². The summed E-state index contributed by atoms with van der Waals surface area (Å²) in [5.74, 6) is 1.69. The molecule has 0 bridgehead atoms. The summed E-state index contributed by atoms with van der Waals surface area (Å²) in [7, 11) is 0. The minimum absolute atomic E-state index is 0.417. The van der Waals surface area contributed by atoms with Gasteiger partial charge in [-0.05, 0) is 77.1 Å². The molecule has 27 heavy (non-hydrogen) atoms. The maximum absolute atomic E-state index is 5.34. The van der Waals surface area contributed by atoms with Crippen LogP contribution in [0.2, 0.25) is 0 Å². The van der Waals surface area contributed by atoms with E-state index in [0.717, 1.165) is 56.1 Å². The number of piperidine rings is 1. The van der Waals surface area contributed by atoms with Crippen molar-refractivity contribution in [2.45, 2.75) is 58.4 Å². The van der Waals surface area contributed by atoms with Crippen LogP contribution in [0.15, 0.2) is 24.4 Å². The summed E-state index contributed by atoms with van der Waals surface area (Å²) in [5, 5.41) is 6.99. The van der Waals surface area contributed by atoms with Crippen molar-refractivity contribution in [3.05, 3.63) is 35.7 Å². The number of anilines is 1. The lowest BCUT2D eigenvalue weighted by Crippen LogP contribution is -2.43. The molecule has 0 aliphatic carbocycles. The number of hydrogen-bond acceptors (Lipinski definition) is 5. The molecular formula is C22H34N4S. The lowest BCUT2D eigenvalue weighted by atomic mass is 9.93. The van der Waals surface area contributed by atoms with Gasteiger partial charge >= 0.3 is 0 Å². The summed E-state index contributed by atoms with van der Waals surface area (Å²) in [6, 6.07) is 4.85. The number of likely N-dealkylation sites (tertiary alicyclic amines) is 1. The average molecular weight is 387 g/mol. The van der Waals surface area contributed by atoms with Gasteiger partial charge in [0.1, 0.15) is 5.82 Å². The highest BCUT2D eigenvalue weighted by molar-refractivity contribution is 7.80. The van der Waals surface area contributed by atoms with E-state index in [-0.39, 0.29) is 0 Å². The fourth-order valence-electron chi connectivity index (χ4n) is 4.06. The predicted molar refractivity (Wildman–Crippen MR) is 119 cm³/mol. The first-order valence-corrected chi connectivity index (χ1v) is 10.8. The summed E-state index contributed by atoms with van der Waals surface area (Å²) >= 11 is 5.34. The minimum atomic E-state index is 0.417. The molecule has 4 nitrogen and oxygen atoms in total. The van der Waals surface area contributed by atoms with Crippen LogP contribution in [0.3, 0.4) is 0 Å². The molecule has 1 aromatic heterocycles. The Kier molecular flexibility index (Phi) is 7.25. The second-order valence-corrected chi connectivity index (χ2v) is 8.64. The second kappa shape index (κ2) is 9.65. The van der Waals surface area contributed by atoms with E-state index in [0.29, 0.717) is 12.0 Å². The van der Waals surface area contributed by atoms with Gasteiger partial charge in [-0.2, -0.15) is 0 Å². The quantitative estimate of drug-likeness (QED) is 0.523. The number of aryl methyl sites for hydroxylation is 2. The molecule has 0 saturated carbocycles. The van der Waals surface area contributed by atoms with Crippen LogP contribution in [-0.4, -0.2) is 47.0 Å². The Hall–Kier alpha value is -1.46. The maximum Gasteiger partial charge on any atom is 0.129 e. The van der Waals surface area contributed by atoms with Crippen molar-refractivity contribution < 1.29 is 0 Å². The van der Waals surface area contributed by atoms with Crippen LogP contribution < -0.4 is 10.6 Å². The van der Waals surface area contributed by atoms with Crippen LogP contribution in [-0.2, 0) is 12.8 Å². The summed E-state index contributed by atoms with van der Waals surface area (Å²) in [6.45, 7) is 12.8. The van der Waals surface area contributed by atoms with E-state index in [1.807, 2.05) is 0 Å². The molecule has 1 atom stereocenters. The number of rotatable bonds is 8. The molecule has 148 valence electrons. The normalized spacial score (nSPS) is 19.0. The predicted octanol–water partition coefficient (Wildman–Crippen LogP) is 3.97. The zero-order valence-electron chi connectivity index (χ0n) is 16.9. The van der Waals surface area contributed by atoms with Gasteiger partial charge in [0.05, 0.1) is 0 Å². The van der Waals surface area contributed by atoms with Crippen LogP contribution in [0.1, 0.15) is 50.8 Å². The fraction of sp³-hybridized carbons (Fsp3) is 0.636. The van der Waals surface area contributed by atoms with Gasteiger partial charge in [0.2, 0.25) is 0 Å². The van der Waals surface area contributed by atoms with Crippen LogP contribution in [0.5, 0.6) is 0 Å². The number of fused-ring (bicyclic) bond motifs is 1. The Morgan fingerprint density at radius 2 is 2.19 bits per heavy atom. The number of aromatic nitrogens is 1. The van der Waals surface area contributed by atoms with E-state index in [1.165, 1.54) is 36.2 Å². The Morgan fingerprint density at radius 1 is 1.41 bits per heavy atom. The van der Waals surface area contributed by atoms with Crippen molar-refractivity contribution in [2.24, 2.45) is 5.92 Å². The second-order valence-electron chi connectivity index (χ2n) is 7.99. The molecule has 0 amide bonds. The number of thiocarbonyl (C=S) groups is 1. The molecule has 2 N–H and O–H groups in total. The molecular weight excluding hydrogens is 352 g/mol. The molecule has 5 heteroatoms. The third-order valence-corrected chi connectivity index (χ3v) is 6.41. The van der Waals surface area contributed by atoms with Crippen LogP contribution in [0.4, 0.5) is 5.82 Å². The molecule has 0 aromatic carbocycles. The number of pyridine rings is 1. The zero-order chi connectivity index (χ0) is 19.2. The lowest BCUT2D eigenvalue weighted by Gasteiger charge is -2.36. The highest BCUT2D eigenvalue weighted by Crippen LogP contribution is 2.24. The lowest BCUT2D eigenvalue weighted by molar-refractivity contribution is 0.181. The molecule has 0 spiro atoms. The average Bonchev–Trinajstić information content (AvgIpc) is 2.70. The molecule has 2 aliphatic heterocycles. The SMILES string of the molecule is C=C(NCCCc1ccc2c(n1)NCCC2)C1CCN(C(C)C(C)=S)CC1. The van der Waals surface area contributed by atoms with E-state index >= 15 is 0 Å². The molecule has 1 unspecified atom stereocenters. The molecule has 1 saturated heterocycles. The number of nitrogens with zero attached hydrogens (tertiary/aromatic N) is 2. The van der Waals surface area contributed by atoms with Gasteiger partial charge in [-0.1, -0.05) is 24.9 Å². The van der Waals surface area contributed by atoms with Crippen molar-refractivity contribution in [3.63, 3.8) is 0 Å². The van der Waals surface area contributed by atoms with Crippen LogP contribution in [0.25, 0.3) is 0 Å². The fourth-order valence-corrected chi connectivity index (χ4v) is 4.21. The van der Waals surface area contributed by atoms with Crippen LogP contribution in [0, 0.1) is 5.92 Å². The van der Waals surface area contributed by atoms with Crippen molar-refractivity contribution in [1.82, 2.24) is 15.2 Å². The molecule has 3 heterocycles. The molecule has 2 aliphatic rings. The Balaban J connectivity index is 1.36. The first kappa shape index (κ1) is 20.3. The number of allylic oxidation sites excluding steroid dienone is 1. The van der Waals surface area contributed by atoms with Gasteiger partial charge < -0.3 is 10.6 Å². The highest BCUT2D eigenvalue weighted by atomic mass is 32.1. The maximum atomic E-state index is 5.34. The number of nitrogens with one attached hydrogen (secondary N) is 2. The van der Waals surface area contributed by atoms with E-state index in [9.17, 15) is 0 Å². The van der Waals surface area contributed by atoms with Crippen molar-refractivity contribution in [3.8, 4) is 0 Å². The van der Waals surface area contributed by atoms with Gasteiger partial charge in [-0.25, -0.2) is 4.98 Å². The topological polar surface area (TPSA) is 40.2 Å². The third kappa shape index (κ3) is 5.52. The van der Waals surface area contributed by atoms with Crippen LogP contribution >= 0.6 is 12.2 Å². The Morgan fingerprint density at radius 3 is 2.93 bits per heavy atom. The van der Waals surface area contributed by atoms with Gasteiger partial charge in [-0.15, -0.1) is 0 Å².